The third-order valence-electron chi connectivity index (χ3n) is 6.85. The molecule has 7 nitrogen and oxygen atoms in total. The monoisotopic (exact) mass is 423 g/mol. The third-order valence-corrected chi connectivity index (χ3v) is 6.85. The number of hydrogen-bond donors (Lipinski definition) is 2. The van der Waals surface area contributed by atoms with Crippen LogP contribution in [0.2, 0.25) is 0 Å². The second-order valence-electron chi connectivity index (χ2n) is 8.42. The van der Waals surface area contributed by atoms with Crippen molar-refractivity contribution in [2.45, 2.75) is 30.8 Å². The minimum Gasteiger partial charge on any atom is -0.339 e. The summed E-state index contributed by atoms with van der Waals surface area (Å²) in [6.07, 6.45) is 1.35. The first-order valence-electron chi connectivity index (χ1n) is 10.6. The molecule has 0 radical (unpaired) electrons. The summed E-state index contributed by atoms with van der Waals surface area (Å²) in [5.74, 6) is -0.904. The minimum absolute atomic E-state index is 0.0252. The average Bonchev–Trinajstić information content (AvgIpc) is 3.26. The summed E-state index contributed by atoms with van der Waals surface area (Å²) in [6, 6.07) is 14.8. The van der Waals surface area contributed by atoms with Crippen LogP contribution in [0.3, 0.4) is 0 Å². The van der Waals surface area contributed by atoms with E-state index >= 15 is 0 Å². The quantitative estimate of drug-likeness (QED) is 0.704. The molecule has 0 aromatic heterocycles. The maximum atomic E-state index is 13.2. The van der Waals surface area contributed by atoms with Gasteiger partial charge in [-0.25, -0.2) is 9.29 Å². The number of halogens is 1. The van der Waals surface area contributed by atoms with Crippen molar-refractivity contribution in [1.82, 2.24) is 5.32 Å². The number of anilines is 2. The zero-order valence-corrected chi connectivity index (χ0v) is 17.0. The molecule has 0 unspecified atom stereocenters. The first kappa shape index (κ1) is 19.7. The van der Waals surface area contributed by atoms with Gasteiger partial charge in [0.2, 0.25) is 11.8 Å². The lowest BCUT2D eigenvalue weighted by Crippen LogP contribution is -3.18. The second-order valence-corrected chi connectivity index (χ2v) is 8.42. The molecule has 1 atom stereocenters. The molecule has 31 heavy (non-hydrogen) atoms. The summed E-state index contributed by atoms with van der Waals surface area (Å²) in [5, 5.41) is 2.98. The van der Waals surface area contributed by atoms with Crippen LogP contribution in [0.1, 0.15) is 19.3 Å². The SMILES string of the molecule is O=C1C[C@@H]([NH+]2CCC3(CC2)C(=O)NCN3c2ccccc2)C(=O)N1c1ccc(F)cc1. The lowest BCUT2D eigenvalue weighted by Gasteiger charge is -2.42. The van der Waals surface area contributed by atoms with Crippen molar-refractivity contribution in [2.75, 3.05) is 29.6 Å². The largest absolute Gasteiger partial charge is 0.339 e. The molecule has 0 saturated carbocycles. The van der Waals surface area contributed by atoms with Crippen molar-refractivity contribution in [3.05, 3.63) is 60.4 Å². The van der Waals surface area contributed by atoms with E-state index in [1.807, 2.05) is 30.3 Å². The zero-order chi connectivity index (χ0) is 21.6. The molecule has 160 valence electrons. The number of imide groups is 1. The van der Waals surface area contributed by atoms with Crippen molar-refractivity contribution in [1.29, 1.82) is 0 Å². The summed E-state index contributed by atoms with van der Waals surface area (Å²) < 4.78 is 13.2. The Balaban J connectivity index is 1.32. The maximum absolute atomic E-state index is 13.2. The highest BCUT2D eigenvalue weighted by Crippen LogP contribution is 2.34. The van der Waals surface area contributed by atoms with E-state index in [1.54, 1.807) is 0 Å². The van der Waals surface area contributed by atoms with Crippen LogP contribution in [0.15, 0.2) is 54.6 Å². The van der Waals surface area contributed by atoms with E-state index < -0.39 is 17.4 Å². The molecule has 3 fully saturated rings. The van der Waals surface area contributed by atoms with Gasteiger partial charge in [0.25, 0.3) is 5.91 Å². The molecule has 2 aromatic rings. The Bertz CT molecular complexity index is 1020. The lowest BCUT2D eigenvalue weighted by atomic mass is 9.85. The van der Waals surface area contributed by atoms with Crippen LogP contribution in [0.25, 0.3) is 0 Å². The molecule has 1 spiro atoms. The molecule has 8 heteroatoms. The van der Waals surface area contributed by atoms with Gasteiger partial charge in [-0.3, -0.25) is 14.4 Å². The van der Waals surface area contributed by atoms with E-state index in [1.165, 1.54) is 29.2 Å². The predicted molar refractivity (Wildman–Crippen MR) is 112 cm³/mol. The average molecular weight is 423 g/mol. The first-order chi connectivity index (χ1) is 15.0. The molecule has 5 rings (SSSR count). The van der Waals surface area contributed by atoms with Crippen molar-refractivity contribution in [3.8, 4) is 0 Å². The Morgan fingerprint density at radius 1 is 0.935 bits per heavy atom. The first-order valence-corrected chi connectivity index (χ1v) is 10.6. The van der Waals surface area contributed by atoms with Gasteiger partial charge in [-0.15, -0.1) is 0 Å². The summed E-state index contributed by atoms with van der Waals surface area (Å²) >= 11 is 0. The second kappa shape index (κ2) is 7.46. The van der Waals surface area contributed by atoms with Crippen molar-refractivity contribution < 1.29 is 23.7 Å². The summed E-state index contributed by atoms with van der Waals surface area (Å²) in [6.45, 7) is 1.72. The van der Waals surface area contributed by atoms with Gasteiger partial charge in [0.15, 0.2) is 6.04 Å². The van der Waals surface area contributed by atoms with Gasteiger partial charge in [-0.1, -0.05) is 18.2 Å². The standard InChI is InChI=1S/C23H23FN4O3/c24-16-6-8-18(9-7-16)28-20(29)14-19(21(28)30)26-12-10-23(11-13-26)22(31)25-15-27(23)17-4-2-1-3-5-17/h1-9,19H,10-15H2,(H,25,31)/p+1/t19-/m1/s1. The number of carbonyl (C=O) groups is 3. The number of carbonyl (C=O) groups excluding carboxylic acids is 3. The van der Waals surface area contributed by atoms with Crippen molar-refractivity contribution in [2.24, 2.45) is 0 Å². The van der Waals surface area contributed by atoms with E-state index in [0.29, 0.717) is 38.3 Å². The summed E-state index contributed by atoms with van der Waals surface area (Å²) in [5.41, 5.74) is 0.781. The minimum atomic E-state index is -0.618. The highest BCUT2D eigenvalue weighted by atomic mass is 19.1. The van der Waals surface area contributed by atoms with Gasteiger partial charge in [0.1, 0.15) is 11.4 Å². The number of rotatable bonds is 3. The van der Waals surface area contributed by atoms with Gasteiger partial charge in [0, 0.05) is 18.5 Å². The van der Waals surface area contributed by atoms with Crippen LogP contribution in [0.4, 0.5) is 15.8 Å². The fourth-order valence-electron chi connectivity index (χ4n) is 5.18. The van der Waals surface area contributed by atoms with Gasteiger partial charge < -0.3 is 15.1 Å². The fourth-order valence-corrected chi connectivity index (χ4v) is 5.18. The molecule has 3 saturated heterocycles. The normalized spacial score (nSPS) is 28.5. The lowest BCUT2D eigenvalue weighted by molar-refractivity contribution is -0.920. The van der Waals surface area contributed by atoms with Gasteiger partial charge in [0.05, 0.1) is 31.9 Å². The number of para-hydroxylation sites is 1. The number of nitrogens with one attached hydrogen (secondary N) is 2. The smallest absolute Gasteiger partial charge is 0.292 e. The molecule has 3 aliphatic rings. The van der Waals surface area contributed by atoms with Crippen LogP contribution >= 0.6 is 0 Å². The third kappa shape index (κ3) is 3.18. The number of nitrogens with zero attached hydrogens (tertiary/aromatic N) is 2. The molecule has 3 heterocycles. The summed E-state index contributed by atoms with van der Waals surface area (Å²) in [4.78, 5) is 42.8. The van der Waals surface area contributed by atoms with E-state index in [0.717, 1.165) is 10.6 Å². The molecule has 2 aromatic carbocycles. The highest BCUT2D eigenvalue weighted by Gasteiger charge is 2.54. The van der Waals surface area contributed by atoms with E-state index in [9.17, 15) is 18.8 Å². The van der Waals surface area contributed by atoms with E-state index in [2.05, 4.69) is 10.2 Å². The Hall–Kier alpha value is -3.26. The fraction of sp³-hybridized carbons (Fsp3) is 0.348. The van der Waals surface area contributed by atoms with Crippen LogP contribution in [-0.4, -0.2) is 49.1 Å². The molecule has 3 aliphatic heterocycles. The molecule has 3 amide bonds. The number of amides is 3. The van der Waals surface area contributed by atoms with E-state index in [-0.39, 0.29) is 24.1 Å². The predicted octanol–water partition coefficient (Wildman–Crippen LogP) is 0.469. The van der Waals surface area contributed by atoms with Crippen molar-refractivity contribution >= 4 is 29.1 Å². The van der Waals surface area contributed by atoms with Gasteiger partial charge in [-0.05, 0) is 36.4 Å². The van der Waals surface area contributed by atoms with Crippen LogP contribution in [0, 0.1) is 5.82 Å². The maximum Gasteiger partial charge on any atom is 0.292 e. The van der Waals surface area contributed by atoms with Gasteiger partial charge >= 0.3 is 0 Å². The summed E-state index contributed by atoms with van der Waals surface area (Å²) in [7, 11) is 0. The zero-order valence-electron chi connectivity index (χ0n) is 17.0. The highest BCUT2D eigenvalue weighted by molar-refractivity contribution is 6.21. The molecule has 0 aliphatic carbocycles. The molecule has 2 N–H and O–H groups in total. The van der Waals surface area contributed by atoms with Crippen molar-refractivity contribution in [3.63, 3.8) is 0 Å². The Kier molecular flexibility index (Phi) is 4.74. The Morgan fingerprint density at radius 2 is 1.61 bits per heavy atom. The Morgan fingerprint density at radius 3 is 2.29 bits per heavy atom. The van der Waals surface area contributed by atoms with Crippen LogP contribution in [-0.2, 0) is 14.4 Å². The number of likely N-dealkylation sites (tertiary alicyclic amines) is 1. The number of piperidine rings is 1. The topological polar surface area (TPSA) is 74.2 Å². The van der Waals surface area contributed by atoms with Crippen LogP contribution in [0.5, 0.6) is 0 Å². The molecular weight excluding hydrogens is 399 g/mol. The number of benzene rings is 2. The molecular formula is C23H24FN4O3+. The number of hydrogen-bond acceptors (Lipinski definition) is 4. The Labute approximate surface area is 179 Å². The van der Waals surface area contributed by atoms with Gasteiger partial charge in [-0.2, -0.15) is 0 Å². The molecule has 0 bridgehead atoms. The van der Waals surface area contributed by atoms with E-state index in [4.69, 9.17) is 0 Å². The number of quaternary nitrogens is 1. The van der Waals surface area contributed by atoms with Crippen LogP contribution < -0.4 is 20.0 Å².